The minimum Gasteiger partial charge on any atom is -0.381 e. The molecule has 0 aromatic rings. The van der Waals surface area contributed by atoms with Gasteiger partial charge >= 0.3 is 0 Å². The van der Waals surface area contributed by atoms with Crippen molar-refractivity contribution in [3.8, 4) is 0 Å². The third-order valence-corrected chi connectivity index (χ3v) is 4.09. The van der Waals surface area contributed by atoms with E-state index in [2.05, 4.69) is 55.1 Å². The van der Waals surface area contributed by atoms with Crippen LogP contribution < -0.4 is 10.6 Å². The van der Waals surface area contributed by atoms with Crippen LogP contribution in [0.5, 0.6) is 0 Å². The SMILES string of the molecule is CCCCOCCCN=C(NCC)NC(C)CCCN(CC)CC. The van der Waals surface area contributed by atoms with Crippen LogP contribution in [0.3, 0.4) is 0 Å². The second-order valence-electron chi connectivity index (χ2n) is 6.29. The van der Waals surface area contributed by atoms with E-state index in [1.165, 1.54) is 25.8 Å². The van der Waals surface area contributed by atoms with E-state index in [4.69, 9.17) is 4.74 Å². The van der Waals surface area contributed by atoms with Crippen LogP contribution in [0, 0.1) is 0 Å². The molecule has 2 N–H and O–H groups in total. The van der Waals surface area contributed by atoms with Crippen molar-refractivity contribution in [2.45, 2.75) is 72.8 Å². The second-order valence-corrected chi connectivity index (χ2v) is 6.29. The molecular weight excluding hydrogens is 300 g/mol. The third kappa shape index (κ3) is 13.6. The summed E-state index contributed by atoms with van der Waals surface area (Å²) in [5.41, 5.74) is 0. The van der Waals surface area contributed by atoms with E-state index in [1.54, 1.807) is 0 Å². The first-order valence-electron chi connectivity index (χ1n) is 10.0. The monoisotopic (exact) mass is 342 g/mol. The molecule has 144 valence electrons. The van der Waals surface area contributed by atoms with Gasteiger partial charge in [-0.2, -0.15) is 0 Å². The second kappa shape index (κ2) is 17.0. The van der Waals surface area contributed by atoms with Gasteiger partial charge < -0.3 is 20.3 Å². The summed E-state index contributed by atoms with van der Waals surface area (Å²) in [5, 5.41) is 6.85. The summed E-state index contributed by atoms with van der Waals surface area (Å²) in [4.78, 5) is 7.13. The maximum Gasteiger partial charge on any atom is 0.191 e. The van der Waals surface area contributed by atoms with E-state index in [9.17, 15) is 0 Å². The largest absolute Gasteiger partial charge is 0.381 e. The summed E-state index contributed by atoms with van der Waals surface area (Å²) in [6.07, 6.45) is 5.72. The Morgan fingerprint density at radius 2 is 1.75 bits per heavy atom. The quantitative estimate of drug-likeness (QED) is 0.272. The summed E-state index contributed by atoms with van der Waals surface area (Å²) < 4.78 is 5.58. The Kier molecular flexibility index (Phi) is 16.5. The number of rotatable bonds is 15. The van der Waals surface area contributed by atoms with Gasteiger partial charge in [-0.1, -0.05) is 27.2 Å². The third-order valence-electron chi connectivity index (χ3n) is 4.09. The molecule has 0 aliphatic heterocycles. The fourth-order valence-corrected chi connectivity index (χ4v) is 2.49. The number of nitrogens with one attached hydrogen (secondary N) is 2. The molecule has 0 aromatic heterocycles. The molecule has 0 radical (unpaired) electrons. The van der Waals surface area contributed by atoms with Crippen molar-refractivity contribution in [2.24, 2.45) is 4.99 Å². The lowest BCUT2D eigenvalue weighted by Crippen LogP contribution is -2.42. The molecule has 24 heavy (non-hydrogen) atoms. The van der Waals surface area contributed by atoms with Crippen LogP contribution in [-0.4, -0.2) is 62.8 Å². The number of hydrogen-bond donors (Lipinski definition) is 2. The van der Waals surface area contributed by atoms with E-state index in [0.29, 0.717) is 6.04 Å². The van der Waals surface area contributed by atoms with Crippen LogP contribution in [0.15, 0.2) is 4.99 Å². The van der Waals surface area contributed by atoms with Crippen molar-refractivity contribution in [3.05, 3.63) is 0 Å². The van der Waals surface area contributed by atoms with Gasteiger partial charge in [0.15, 0.2) is 5.96 Å². The molecule has 0 rings (SSSR count). The minimum absolute atomic E-state index is 0.444. The Balaban J connectivity index is 3.96. The summed E-state index contributed by atoms with van der Waals surface area (Å²) in [5.74, 6) is 0.932. The highest BCUT2D eigenvalue weighted by Gasteiger charge is 2.06. The Morgan fingerprint density at radius 1 is 1.04 bits per heavy atom. The van der Waals surface area contributed by atoms with Gasteiger partial charge in [-0.15, -0.1) is 0 Å². The average Bonchev–Trinajstić information content (AvgIpc) is 2.58. The first kappa shape index (κ1) is 23.2. The average molecular weight is 343 g/mol. The summed E-state index contributed by atoms with van der Waals surface area (Å²) >= 11 is 0. The summed E-state index contributed by atoms with van der Waals surface area (Å²) in [6, 6.07) is 0.444. The van der Waals surface area contributed by atoms with Crippen LogP contribution in [0.2, 0.25) is 0 Å². The molecular formula is C19H42N4O. The van der Waals surface area contributed by atoms with Crippen molar-refractivity contribution < 1.29 is 4.74 Å². The predicted octanol–water partition coefficient (Wildman–Crippen LogP) is 3.26. The molecule has 5 nitrogen and oxygen atoms in total. The van der Waals surface area contributed by atoms with E-state index < -0.39 is 0 Å². The Labute approximate surface area is 150 Å². The van der Waals surface area contributed by atoms with Crippen molar-refractivity contribution in [1.29, 1.82) is 0 Å². The smallest absolute Gasteiger partial charge is 0.191 e. The molecule has 0 bridgehead atoms. The molecule has 1 unspecified atom stereocenters. The van der Waals surface area contributed by atoms with Crippen molar-refractivity contribution >= 4 is 5.96 Å². The number of ether oxygens (including phenoxy) is 1. The van der Waals surface area contributed by atoms with Crippen LogP contribution in [-0.2, 0) is 4.74 Å². The number of unbranched alkanes of at least 4 members (excludes halogenated alkanes) is 1. The molecule has 0 saturated carbocycles. The topological polar surface area (TPSA) is 48.9 Å². The molecule has 0 aliphatic carbocycles. The number of aliphatic imine (C=N–C) groups is 1. The standard InChI is InChI=1S/C19H42N4O/c1-6-10-16-24-17-12-14-21-19(20-7-2)22-18(5)13-11-15-23(8-3)9-4/h18H,6-17H2,1-5H3,(H2,20,21,22). The van der Waals surface area contributed by atoms with Crippen LogP contribution in [0.25, 0.3) is 0 Å². The predicted molar refractivity (Wildman–Crippen MR) is 106 cm³/mol. The zero-order valence-electron chi connectivity index (χ0n) is 16.9. The molecule has 0 spiro atoms. The highest BCUT2D eigenvalue weighted by Crippen LogP contribution is 2.00. The van der Waals surface area contributed by atoms with Gasteiger partial charge in [-0.25, -0.2) is 0 Å². The fourth-order valence-electron chi connectivity index (χ4n) is 2.49. The lowest BCUT2D eigenvalue weighted by molar-refractivity contribution is 0.130. The Morgan fingerprint density at radius 3 is 2.38 bits per heavy atom. The molecule has 0 amide bonds. The molecule has 0 saturated heterocycles. The highest BCUT2D eigenvalue weighted by molar-refractivity contribution is 5.79. The van der Waals surface area contributed by atoms with Gasteiger partial charge in [-0.3, -0.25) is 4.99 Å². The van der Waals surface area contributed by atoms with Gasteiger partial charge in [0.25, 0.3) is 0 Å². The van der Waals surface area contributed by atoms with E-state index in [0.717, 1.165) is 58.2 Å². The van der Waals surface area contributed by atoms with Crippen LogP contribution in [0.1, 0.15) is 66.7 Å². The van der Waals surface area contributed by atoms with Gasteiger partial charge in [0.05, 0.1) is 0 Å². The van der Waals surface area contributed by atoms with Gasteiger partial charge in [0.2, 0.25) is 0 Å². The number of nitrogens with zero attached hydrogens (tertiary/aromatic N) is 2. The van der Waals surface area contributed by atoms with Crippen LogP contribution >= 0.6 is 0 Å². The summed E-state index contributed by atoms with van der Waals surface area (Å²) in [6.45, 7) is 17.8. The van der Waals surface area contributed by atoms with Crippen LogP contribution in [0.4, 0.5) is 0 Å². The first-order chi connectivity index (χ1) is 11.7. The van der Waals surface area contributed by atoms with Crippen molar-refractivity contribution in [3.63, 3.8) is 0 Å². The lowest BCUT2D eigenvalue weighted by atomic mass is 10.2. The van der Waals surface area contributed by atoms with E-state index >= 15 is 0 Å². The van der Waals surface area contributed by atoms with E-state index in [-0.39, 0.29) is 0 Å². The molecule has 1 atom stereocenters. The highest BCUT2D eigenvalue weighted by atomic mass is 16.5. The van der Waals surface area contributed by atoms with Gasteiger partial charge in [-0.05, 0) is 59.2 Å². The normalized spacial score (nSPS) is 13.3. The zero-order valence-corrected chi connectivity index (χ0v) is 16.9. The lowest BCUT2D eigenvalue weighted by Gasteiger charge is -2.21. The molecule has 5 heteroatoms. The summed E-state index contributed by atoms with van der Waals surface area (Å²) in [7, 11) is 0. The van der Waals surface area contributed by atoms with E-state index in [1.807, 2.05) is 0 Å². The maximum absolute atomic E-state index is 5.58. The Hall–Kier alpha value is -0.810. The maximum atomic E-state index is 5.58. The first-order valence-corrected chi connectivity index (χ1v) is 10.0. The molecule has 0 aliphatic rings. The van der Waals surface area contributed by atoms with Crippen molar-refractivity contribution in [2.75, 3.05) is 45.9 Å². The number of hydrogen-bond acceptors (Lipinski definition) is 3. The molecule has 0 heterocycles. The van der Waals surface area contributed by atoms with Crippen molar-refractivity contribution in [1.82, 2.24) is 15.5 Å². The number of guanidine groups is 1. The Bertz CT molecular complexity index is 293. The molecule has 0 aromatic carbocycles. The van der Waals surface area contributed by atoms with Gasteiger partial charge in [0, 0.05) is 32.3 Å². The van der Waals surface area contributed by atoms with Gasteiger partial charge in [0.1, 0.15) is 0 Å². The molecule has 0 fully saturated rings. The zero-order chi connectivity index (χ0) is 18.0. The fraction of sp³-hybridized carbons (Fsp3) is 0.947. The minimum atomic E-state index is 0.444.